The van der Waals surface area contributed by atoms with Crippen molar-refractivity contribution in [2.24, 2.45) is 0 Å². The van der Waals surface area contributed by atoms with Crippen LogP contribution in [0.4, 0.5) is 48.3 Å². The molecule has 0 aromatic heterocycles. The standard InChI is InChI=1S/C15H9F11O2/c1-8-2-4-9(5-3-8)28-10(6-7-27)11(16,17)12(18,19)13(20,21)14(22,23)15(24,25)26/h2-7H,1H3/b10-6-. The van der Waals surface area contributed by atoms with Gasteiger partial charge in [0.25, 0.3) is 0 Å². The van der Waals surface area contributed by atoms with Gasteiger partial charge in [0.2, 0.25) is 0 Å². The Morgan fingerprint density at radius 2 is 1.25 bits per heavy atom. The fourth-order valence-corrected chi connectivity index (χ4v) is 1.72. The molecular weight excluding hydrogens is 421 g/mol. The zero-order chi connectivity index (χ0) is 22.2. The highest BCUT2D eigenvalue weighted by Gasteiger charge is 2.88. The van der Waals surface area contributed by atoms with Crippen molar-refractivity contribution in [3.63, 3.8) is 0 Å². The first-order valence-corrected chi connectivity index (χ1v) is 6.92. The predicted molar refractivity (Wildman–Crippen MR) is 71.8 cm³/mol. The lowest BCUT2D eigenvalue weighted by atomic mass is 9.96. The Morgan fingerprint density at radius 1 is 0.786 bits per heavy atom. The molecule has 0 unspecified atom stereocenters. The van der Waals surface area contributed by atoms with E-state index in [1.165, 1.54) is 19.1 Å². The van der Waals surface area contributed by atoms with Gasteiger partial charge in [0, 0.05) is 6.08 Å². The van der Waals surface area contributed by atoms with Crippen LogP contribution in [0, 0.1) is 6.92 Å². The average molecular weight is 430 g/mol. The summed E-state index contributed by atoms with van der Waals surface area (Å²) in [5.41, 5.74) is 0.502. The van der Waals surface area contributed by atoms with Crippen LogP contribution >= 0.6 is 0 Å². The van der Waals surface area contributed by atoms with Gasteiger partial charge in [0.05, 0.1) is 0 Å². The Morgan fingerprint density at radius 3 is 1.64 bits per heavy atom. The number of rotatable bonds is 7. The first-order chi connectivity index (χ1) is 12.4. The number of halogens is 11. The number of carbonyl (C=O) groups is 1. The molecule has 0 heterocycles. The maximum Gasteiger partial charge on any atom is 0.460 e. The van der Waals surface area contributed by atoms with Crippen LogP contribution in [0.15, 0.2) is 36.1 Å². The second-order valence-electron chi connectivity index (χ2n) is 5.38. The first kappa shape index (κ1) is 23.7. The summed E-state index contributed by atoms with van der Waals surface area (Å²) in [6.07, 6.45) is -8.41. The summed E-state index contributed by atoms with van der Waals surface area (Å²) < 4.78 is 148. The number of aryl methyl sites for hydroxylation is 1. The Kier molecular flexibility index (Phi) is 6.13. The van der Waals surface area contributed by atoms with Crippen molar-refractivity contribution in [3.05, 3.63) is 41.7 Å². The molecule has 158 valence electrons. The molecule has 0 aliphatic heterocycles. The van der Waals surface area contributed by atoms with E-state index in [0.717, 1.165) is 12.1 Å². The van der Waals surface area contributed by atoms with E-state index in [1.807, 2.05) is 0 Å². The number of hydrogen-bond acceptors (Lipinski definition) is 2. The molecule has 2 nitrogen and oxygen atoms in total. The Balaban J connectivity index is 3.46. The summed E-state index contributed by atoms with van der Waals surface area (Å²) in [5, 5.41) is 0. The van der Waals surface area contributed by atoms with Crippen molar-refractivity contribution in [1.82, 2.24) is 0 Å². The van der Waals surface area contributed by atoms with Gasteiger partial charge in [-0.05, 0) is 19.1 Å². The monoisotopic (exact) mass is 430 g/mol. The zero-order valence-electron chi connectivity index (χ0n) is 13.4. The molecule has 0 bridgehead atoms. The predicted octanol–water partition coefficient (Wildman–Crippen LogP) is 5.56. The van der Waals surface area contributed by atoms with E-state index < -0.39 is 53.7 Å². The zero-order valence-corrected chi connectivity index (χ0v) is 13.4. The molecule has 1 aromatic rings. The number of benzene rings is 1. The third-order valence-corrected chi connectivity index (χ3v) is 3.32. The third-order valence-electron chi connectivity index (χ3n) is 3.32. The fraction of sp³-hybridized carbons (Fsp3) is 0.400. The highest BCUT2D eigenvalue weighted by molar-refractivity contribution is 5.66. The van der Waals surface area contributed by atoms with Crippen LogP contribution in [0.2, 0.25) is 0 Å². The minimum absolute atomic E-state index is 0.502. The van der Waals surface area contributed by atoms with Crippen LogP contribution in [-0.4, -0.2) is 36.2 Å². The van der Waals surface area contributed by atoms with E-state index >= 15 is 0 Å². The van der Waals surface area contributed by atoms with E-state index in [-0.39, 0.29) is 0 Å². The Hall–Kier alpha value is -2.34. The van der Waals surface area contributed by atoms with Gasteiger partial charge in [-0.3, -0.25) is 4.79 Å². The van der Waals surface area contributed by atoms with Gasteiger partial charge in [-0.25, -0.2) is 0 Å². The number of ether oxygens (including phenoxy) is 1. The second kappa shape index (κ2) is 7.24. The highest BCUT2D eigenvalue weighted by atomic mass is 19.4. The maximum atomic E-state index is 13.9. The molecule has 0 radical (unpaired) electrons. The molecule has 0 saturated carbocycles. The molecule has 1 aromatic carbocycles. The average Bonchev–Trinajstić information content (AvgIpc) is 2.54. The molecule has 13 heteroatoms. The summed E-state index contributed by atoms with van der Waals surface area (Å²) in [7, 11) is 0. The van der Waals surface area contributed by atoms with Gasteiger partial charge in [-0.15, -0.1) is 0 Å². The Labute approximate surface area is 149 Å². The molecule has 0 amide bonds. The van der Waals surface area contributed by atoms with Crippen LogP contribution in [0.25, 0.3) is 0 Å². The lowest BCUT2D eigenvalue weighted by Gasteiger charge is -2.37. The van der Waals surface area contributed by atoms with Crippen LogP contribution < -0.4 is 4.74 Å². The maximum absolute atomic E-state index is 13.9. The summed E-state index contributed by atoms with van der Waals surface area (Å²) in [6.45, 7) is 1.49. The molecule has 0 spiro atoms. The van der Waals surface area contributed by atoms with Crippen molar-refractivity contribution < 1.29 is 57.8 Å². The lowest BCUT2D eigenvalue weighted by molar-refractivity contribution is -0.419. The van der Waals surface area contributed by atoms with E-state index in [1.54, 1.807) is 0 Å². The van der Waals surface area contributed by atoms with Crippen molar-refractivity contribution in [1.29, 1.82) is 0 Å². The van der Waals surface area contributed by atoms with Crippen molar-refractivity contribution in [3.8, 4) is 5.75 Å². The molecule has 28 heavy (non-hydrogen) atoms. The smallest absolute Gasteiger partial charge is 0.455 e. The molecule has 0 saturated heterocycles. The number of carbonyl (C=O) groups excluding carboxylic acids is 1. The molecule has 0 atom stereocenters. The van der Waals surface area contributed by atoms with Gasteiger partial charge in [0.1, 0.15) is 12.0 Å². The third kappa shape index (κ3) is 3.78. The van der Waals surface area contributed by atoms with E-state index in [9.17, 15) is 53.1 Å². The molecule has 1 rings (SSSR count). The number of allylic oxidation sites excluding steroid dienone is 2. The van der Waals surface area contributed by atoms with Crippen LogP contribution in [-0.2, 0) is 4.79 Å². The van der Waals surface area contributed by atoms with Crippen molar-refractivity contribution in [2.45, 2.75) is 36.8 Å². The minimum Gasteiger partial charge on any atom is -0.455 e. The van der Waals surface area contributed by atoms with Gasteiger partial charge in [0.15, 0.2) is 5.76 Å². The van der Waals surface area contributed by atoms with Crippen LogP contribution in [0.3, 0.4) is 0 Å². The largest absolute Gasteiger partial charge is 0.460 e. The first-order valence-electron chi connectivity index (χ1n) is 6.92. The molecule has 0 aliphatic carbocycles. The van der Waals surface area contributed by atoms with E-state index in [0.29, 0.717) is 5.56 Å². The molecule has 0 aliphatic rings. The van der Waals surface area contributed by atoms with E-state index in [2.05, 4.69) is 4.74 Å². The Bertz CT molecular complexity index is 733. The molecule has 0 N–H and O–H groups in total. The van der Waals surface area contributed by atoms with Gasteiger partial charge < -0.3 is 4.74 Å². The van der Waals surface area contributed by atoms with Crippen LogP contribution in [0.5, 0.6) is 5.75 Å². The SMILES string of the molecule is Cc1ccc(O/C(=C\C=O)C(F)(F)C(F)(F)C(F)(F)C(F)(F)C(F)(F)F)cc1. The number of hydrogen-bond donors (Lipinski definition) is 0. The van der Waals surface area contributed by atoms with Crippen LogP contribution in [0.1, 0.15) is 5.56 Å². The summed E-state index contributed by atoms with van der Waals surface area (Å²) in [4.78, 5) is 10.4. The second-order valence-corrected chi connectivity index (χ2v) is 5.38. The quantitative estimate of drug-likeness (QED) is 0.245. The van der Waals surface area contributed by atoms with Gasteiger partial charge in [-0.2, -0.15) is 48.3 Å². The summed E-state index contributed by atoms with van der Waals surface area (Å²) in [6, 6.07) is 4.09. The fourth-order valence-electron chi connectivity index (χ4n) is 1.72. The van der Waals surface area contributed by atoms with Crippen molar-refractivity contribution in [2.75, 3.05) is 0 Å². The lowest BCUT2D eigenvalue weighted by Crippen LogP contribution is -2.67. The van der Waals surface area contributed by atoms with Crippen molar-refractivity contribution >= 4 is 6.29 Å². The topological polar surface area (TPSA) is 26.3 Å². The highest BCUT2D eigenvalue weighted by Crippen LogP contribution is 2.58. The molecule has 0 fully saturated rings. The summed E-state index contributed by atoms with van der Waals surface area (Å²) in [5.74, 6) is -32.1. The van der Waals surface area contributed by atoms with E-state index in [4.69, 9.17) is 0 Å². The van der Waals surface area contributed by atoms with Gasteiger partial charge >= 0.3 is 29.9 Å². The number of alkyl halides is 11. The number of aldehydes is 1. The molecular formula is C15H9F11O2. The van der Waals surface area contributed by atoms with Gasteiger partial charge in [-0.1, -0.05) is 17.7 Å². The summed E-state index contributed by atoms with van der Waals surface area (Å²) >= 11 is 0. The minimum atomic E-state index is -7.60. The normalized spacial score (nSPS) is 14.8.